The van der Waals surface area contributed by atoms with Crippen molar-refractivity contribution in [2.75, 3.05) is 5.06 Å². The molecule has 0 aromatic heterocycles. The van der Waals surface area contributed by atoms with Crippen molar-refractivity contribution in [2.45, 2.75) is 13.8 Å². The number of carbonyl (C=O) groups is 1. The molecule has 16 heavy (non-hydrogen) atoms. The molecule has 1 aromatic rings. The lowest BCUT2D eigenvalue weighted by Gasteiger charge is -2.20. The SMILES string of the molecule is CC(=O)N(OS(=O)(=O)[O-])c1ccc(C)cc1. The van der Waals surface area contributed by atoms with E-state index in [9.17, 15) is 17.8 Å². The molecule has 7 heteroatoms. The molecule has 88 valence electrons. The Labute approximate surface area is 93.4 Å². The highest BCUT2D eigenvalue weighted by Gasteiger charge is 2.15. The molecule has 0 spiro atoms. The second-order valence-electron chi connectivity index (χ2n) is 3.13. The van der Waals surface area contributed by atoms with Crippen molar-refractivity contribution in [3.05, 3.63) is 29.8 Å². The molecule has 0 radical (unpaired) electrons. The Morgan fingerprint density at radius 3 is 2.19 bits per heavy atom. The van der Waals surface area contributed by atoms with E-state index < -0.39 is 16.3 Å². The number of carbonyl (C=O) groups excluding carboxylic acids is 1. The van der Waals surface area contributed by atoms with Gasteiger partial charge in [0.05, 0.1) is 5.69 Å². The van der Waals surface area contributed by atoms with Crippen molar-refractivity contribution in [1.82, 2.24) is 0 Å². The summed E-state index contributed by atoms with van der Waals surface area (Å²) in [6.07, 6.45) is 0. The summed E-state index contributed by atoms with van der Waals surface area (Å²) in [7, 11) is -4.97. The molecule has 1 rings (SSSR count). The number of rotatable bonds is 3. The smallest absolute Gasteiger partial charge is 0.248 e. The van der Waals surface area contributed by atoms with Gasteiger partial charge in [-0.05, 0) is 19.1 Å². The minimum absolute atomic E-state index is 0.178. The van der Waals surface area contributed by atoms with Crippen LogP contribution in [-0.2, 0) is 19.5 Å². The van der Waals surface area contributed by atoms with E-state index in [-0.39, 0.29) is 5.69 Å². The van der Waals surface area contributed by atoms with Gasteiger partial charge in [0, 0.05) is 6.92 Å². The summed E-state index contributed by atoms with van der Waals surface area (Å²) < 4.78 is 35.3. The minimum Gasteiger partial charge on any atom is -0.724 e. The molecule has 0 saturated carbocycles. The maximum Gasteiger partial charge on any atom is 0.248 e. The van der Waals surface area contributed by atoms with Crippen LogP contribution in [0.4, 0.5) is 5.69 Å². The van der Waals surface area contributed by atoms with Gasteiger partial charge in [-0.1, -0.05) is 17.7 Å². The van der Waals surface area contributed by atoms with Crippen LogP contribution in [0.1, 0.15) is 12.5 Å². The van der Waals surface area contributed by atoms with Crippen molar-refractivity contribution < 1.29 is 22.0 Å². The molecule has 0 aliphatic rings. The van der Waals surface area contributed by atoms with Gasteiger partial charge in [0.25, 0.3) is 0 Å². The molecular formula is C9H10NO5S-. The van der Waals surface area contributed by atoms with E-state index in [0.717, 1.165) is 12.5 Å². The zero-order valence-electron chi connectivity index (χ0n) is 8.71. The van der Waals surface area contributed by atoms with Crippen LogP contribution in [-0.4, -0.2) is 18.9 Å². The normalized spacial score (nSPS) is 11.2. The third kappa shape index (κ3) is 3.61. The van der Waals surface area contributed by atoms with Crippen LogP contribution in [0.25, 0.3) is 0 Å². The maximum atomic E-state index is 11.1. The summed E-state index contributed by atoms with van der Waals surface area (Å²) in [5.41, 5.74) is 1.11. The van der Waals surface area contributed by atoms with Gasteiger partial charge in [-0.3, -0.25) is 4.79 Å². The molecule has 0 atom stereocenters. The molecule has 0 aliphatic carbocycles. The summed E-state index contributed by atoms with van der Waals surface area (Å²) in [5.74, 6) is -0.705. The first-order valence-electron chi connectivity index (χ1n) is 4.32. The van der Waals surface area contributed by atoms with Crippen LogP contribution in [0, 0.1) is 6.92 Å². The van der Waals surface area contributed by atoms with Gasteiger partial charge in [0.1, 0.15) is 0 Å². The number of aryl methyl sites for hydroxylation is 1. The summed E-state index contributed by atoms with van der Waals surface area (Å²) >= 11 is 0. The summed E-state index contributed by atoms with van der Waals surface area (Å²) in [4.78, 5) is 11.1. The largest absolute Gasteiger partial charge is 0.724 e. The molecular weight excluding hydrogens is 234 g/mol. The molecule has 6 nitrogen and oxygen atoms in total. The zero-order valence-corrected chi connectivity index (χ0v) is 9.52. The van der Waals surface area contributed by atoms with Crippen molar-refractivity contribution in [3.63, 3.8) is 0 Å². The predicted molar refractivity (Wildman–Crippen MR) is 55.1 cm³/mol. The van der Waals surface area contributed by atoms with Gasteiger partial charge >= 0.3 is 0 Å². The number of benzene rings is 1. The zero-order chi connectivity index (χ0) is 12.3. The molecule has 1 aromatic carbocycles. The fraction of sp³-hybridized carbons (Fsp3) is 0.222. The molecule has 0 N–H and O–H groups in total. The van der Waals surface area contributed by atoms with E-state index in [0.29, 0.717) is 5.06 Å². The number of hydrogen-bond donors (Lipinski definition) is 0. The summed E-state index contributed by atoms with van der Waals surface area (Å²) in [6, 6.07) is 6.27. The maximum absolute atomic E-state index is 11.1. The molecule has 0 unspecified atom stereocenters. The van der Waals surface area contributed by atoms with Gasteiger partial charge in [0.15, 0.2) is 0 Å². The third-order valence-electron chi connectivity index (χ3n) is 1.72. The molecule has 0 heterocycles. The molecule has 0 saturated heterocycles. The van der Waals surface area contributed by atoms with Gasteiger partial charge < -0.3 is 4.55 Å². The lowest BCUT2D eigenvalue weighted by Crippen LogP contribution is -2.31. The van der Waals surface area contributed by atoms with Crippen LogP contribution in [0.15, 0.2) is 24.3 Å². The van der Waals surface area contributed by atoms with E-state index in [1.807, 2.05) is 6.92 Å². The van der Waals surface area contributed by atoms with Crippen molar-refractivity contribution in [1.29, 1.82) is 0 Å². The van der Waals surface area contributed by atoms with Crippen LogP contribution < -0.4 is 5.06 Å². The topological polar surface area (TPSA) is 86.7 Å². The highest BCUT2D eigenvalue weighted by Crippen LogP contribution is 2.16. The fourth-order valence-corrected chi connectivity index (χ4v) is 1.42. The van der Waals surface area contributed by atoms with Crippen LogP contribution in [0.3, 0.4) is 0 Å². The van der Waals surface area contributed by atoms with E-state index in [2.05, 4.69) is 4.28 Å². The highest BCUT2D eigenvalue weighted by molar-refractivity contribution is 7.80. The average molecular weight is 244 g/mol. The second kappa shape index (κ2) is 4.60. The molecule has 0 bridgehead atoms. The van der Waals surface area contributed by atoms with Crippen LogP contribution in [0.2, 0.25) is 0 Å². The first kappa shape index (κ1) is 12.6. The van der Waals surface area contributed by atoms with Gasteiger partial charge in [-0.2, -0.15) is 9.35 Å². The highest BCUT2D eigenvalue weighted by atomic mass is 32.3. The second-order valence-corrected chi connectivity index (χ2v) is 4.10. The number of anilines is 1. The number of nitrogens with zero attached hydrogens (tertiary/aromatic N) is 1. The monoisotopic (exact) mass is 244 g/mol. The summed E-state index contributed by atoms with van der Waals surface area (Å²) in [6.45, 7) is 2.91. The van der Waals surface area contributed by atoms with Gasteiger partial charge in [-0.15, -0.1) is 0 Å². The molecule has 1 amide bonds. The van der Waals surface area contributed by atoms with Crippen LogP contribution >= 0.6 is 0 Å². The van der Waals surface area contributed by atoms with E-state index in [1.165, 1.54) is 12.1 Å². The van der Waals surface area contributed by atoms with Crippen LogP contribution in [0.5, 0.6) is 0 Å². The number of hydroxylamine groups is 1. The Bertz CT molecular complexity index is 479. The first-order chi connectivity index (χ1) is 7.29. The lowest BCUT2D eigenvalue weighted by molar-refractivity contribution is -0.120. The Hall–Kier alpha value is -1.44. The fourth-order valence-electron chi connectivity index (χ4n) is 1.05. The Balaban J connectivity index is 3.03. The van der Waals surface area contributed by atoms with Gasteiger partial charge in [0.2, 0.25) is 16.3 Å². The number of amides is 1. The minimum atomic E-state index is -4.97. The van der Waals surface area contributed by atoms with E-state index in [1.54, 1.807) is 12.1 Å². The van der Waals surface area contributed by atoms with Crippen molar-refractivity contribution in [3.8, 4) is 0 Å². The number of hydrogen-bond acceptors (Lipinski definition) is 5. The Morgan fingerprint density at radius 1 is 1.31 bits per heavy atom. The Morgan fingerprint density at radius 2 is 1.81 bits per heavy atom. The van der Waals surface area contributed by atoms with Gasteiger partial charge in [-0.25, -0.2) is 8.42 Å². The van der Waals surface area contributed by atoms with E-state index >= 15 is 0 Å². The average Bonchev–Trinajstić information content (AvgIpc) is 2.14. The quantitative estimate of drug-likeness (QED) is 0.444. The van der Waals surface area contributed by atoms with Crippen molar-refractivity contribution >= 4 is 22.0 Å². The first-order valence-corrected chi connectivity index (χ1v) is 5.66. The molecule has 0 aliphatic heterocycles. The van der Waals surface area contributed by atoms with E-state index in [4.69, 9.17) is 0 Å². The Kier molecular flexibility index (Phi) is 3.63. The predicted octanol–water partition coefficient (Wildman–Crippen LogP) is 0.740. The standard InChI is InChI=1S/C9H11NO5S/c1-7-3-5-9(6-4-7)10(8(2)11)15-16(12,13)14/h3-6H,1-2H3,(H,12,13,14)/p-1. The summed E-state index contributed by atoms with van der Waals surface area (Å²) in [5, 5.41) is 0.432. The molecule has 0 fully saturated rings. The lowest BCUT2D eigenvalue weighted by atomic mass is 10.2. The van der Waals surface area contributed by atoms with Crippen molar-refractivity contribution in [2.24, 2.45) is 0 Å². The third-order valence-corrected chi connectivity index (χ3v) is 2.05.